The molecule has 0 aliphatic carbocycles. The normalized spacial score (nSPS) is 22.5. The first kappa shape index (κ1) is 10.3. The molecule has 3 heteroatoms. The van der Waals surface area contributed by atoms with Crippen LogP contribution in [0.4, 0.5) is 0 Å². The monoisotopic (exact) mass is 191 g/mol. The van der Waals surface area contributed by atoms with Crippen LogP contribution in [-0.2, 0) is 4.74 Å². The summed E-state index contributed by atoms with van der Waals surface area (Å²) in [5.41, 5.74) is 0. The zero-order chi connectivity index (χ0) is 8.81. The summed E-state index contributed by atoms with van der Waals surface area (Å²) in [6.07, 6.45) is 2.40. The van der Waals surface area contributed by atoms with Gasteiger partial charge in [-0.3, -0.25) is 0 Å². The van der Waals surface area contributed by atoms with Gasteiger partial charge in [0, 0.05) is 25.1 Å². The molecular formula is C9H18ClNO. The molecule has 1 atom stereocenters. The van der Waals surface area contributed by atoms with E-state index in [2.05, 4.69) is 5.32 Å². The fourth-order valence-corrected chi connectivity index (χ4v) is 1.55. The van der Waals surface area contributed by atoms with Gasteiger partial charge >= 0.3 is 0 Å². The molecule has 1 aliphatic heterocycles. The van der Waals surface area contributed by atoms with Crippen LogP contribution >= 0.6 is 11.6 Å². The van der Waals surface area contributed by atoms with E-state index in [0.29, 0.717) is 0 Å². The second kappa shape index (κ2) is 5.79. The minimum atomic E-state index is 0.241. The Labute approximate surface area is 79.6 Å². The van der Waals surface area contributed by atoms with Gasteiger partial charge in [0.15, 0.2) is 0 Å². The molecule has 1 aliphatic rings. The number of ether oxygens (including phenoxy) is 1. The van der Waals surface area contributed by atoms with Crippen molar-refractivity contribution in [3.05, 3.63) is 0 Å². The Bertz CT molecular complexity index is 113. The second-order valence-corrected chi connectivity index (χ2v) is 4.24. The van der Waals surface area contributed by atoms with E-state index in [1.807, 2.05) is 6.92 Å². The van der Waals surface area contributed by atoms with Gasteiger partial charge in [0.25, 0.3) is 0 Å². The predicted octanol–water partition coefficient (Wildman–Crippen LogP) is 1.63. The first-order chi connectivity index (χ1) is 5.79. The standard InChI is InChI=1S/C9H18ClNO/c1-8(10)6-11-7-9-2-4-12-5-3-9/h8-9,11H,2-7H2,1H3. The molecule has 1 saturated heterocycles. The number of rotatable bonds is 4. The van der Waals surface area contributed by atoms with Crippen molar-refractivity contribution in [2.45, 2.75) is 25.1 Å². The lowest BCUT2D eigenvalue weighted by Crippen LogP contribution is -2.30. The SMILES string of the molecule is CC(Cl)CNCC1CCOCC1. The van der Waals surface area contributed by atoms with Crippen LogP contribution in [0.1, 0.15) is 19.8 Å². The first-order valence-corrected chi connectivity index (χ1v) is 5.15. The first-order valence-electron chi connectivity index (χ1n) is 4.71. The molecule has 72 valence electrons. The highest BCUT2D eigenvalue weighted by Gasteiger charge is 2.12. The zero-order valence-corrected chi connectivity index (χ0v) is 8.44. The van der Waals surface area contributed by atoms with Crippen molar-refractivity contribution in [2.24, 2.45) is 5.92 Å². The third-order valence-electron chi connectivity index (χ3n) is 2.20. The summed E-state index contributed by atoms with van der Waals surface area (Å²) >= 11 is 5.81. The summed E-state index contributed by atoms with van der Waals surface area (Å²) in [5.74, 6) is 0.800. The lowest BCUT2D eigenvalue weighted by Gasteiger charge is -2.22. The Hall–Kier alpha value is 0.210. The number of halogens is 1. The quantitative estimate of drug-likeness (QED) is 0.683. The molecule has 0 aromatic carbocycles. The lowest BCUT2D eigenvalue weighted by molar-refractivity contribution is 0.0664. The van der Waals surface area contributed by atoms with E-state index in [1.165, 1.54) is 12.8 Å². The molecule has 0 saturated carbocycles. The Morgan fingerprint density at radius 1 is 1.50 bits per heavy atom. The van der Waals surface area contributed by atoms with Gasteiger partial charge < -0.3 is 10.1 Å². The number of hydrogen-bond donors (Lipinski definition) is 1. The molecule has 0 bridgehead atoms. The van der Waals surface area contributed by atoms with Gasteiger partial charge in [-0.05, 0) is 32.2 Å². The molecular weight excluding hydrogens is 174 g/mol. The molecule has 12 heavy (non-hydrogen) atoms. The summed E-state index contributed by atoms with van der Waals surface area (Å²) in [6, 6.07) is 0. The molecule has 1 unspecified atom stereocenters. The fraction of sp³-hybridized carbons (Fsp3) is 1.00. The van der Waals surface area contributed by atoms with E-state index in [4.69, 9.17) is 16.3 Å². The lowest BCUT2D eigenvalue weighted by atomic mass is 10.0. The van der Waals surface area contributed by atoms with E-state index >= 15 is 0 Å². The maximum absolute atomic E-state index is 5.81. The Balaban J connectivity index is 1.98. The van der Waals surface area contributed by atoms with E-state index in [9.17, 15) is 0 Å². The van der Waals surface area contributed by atoms with E-state index in [1.54, 1.807) is 0 Å². The summed E-state index contributed by atoms with van der Waals surface area (Å²) in [5, 5.41) is 3.61. The summed E-state index contributed by atoms with van der Waals surface area (Å²) in [4.78, 5) is 0. The van der Waals surface area contributed by atoms with Gasteiger partial charge in [-0.2, -0.15) is 0 Å². The van der Waals surface area contributed by atoms with Crippen LogP contribution < -0.4 is 5.32 Å². The fourth-order valence-electron chi connectivity index (χ4n) is 1.44. The highest BCUT2D eigenvalue weighted by atomic mass is 35.5. The van der Waals surface area contributed by atoms with Crippen LogP contribution in [-0.4, -0.2) is 31.7 Å². The van der Waals surface area contributed by atoms with Crippen LogP contribution in [0.25, 0.3) is 0 Å². The Morgan fingerprint density at radius 3 is 2.75 bits per heavy atom. The average molecular weight is 192 g/mol. The van der Waals surface area contributed by atoms with Crippen LogP contribution in [0, 0.1) is 5.92 Å². The van der Waals surface area contributed by atoms with E-state index < -0.39 is 0 Å². The summed E-state index contributed by atoms with van der Waals surface area (Å²) in [7, 11) is 0. The van der Waals surface area contributed by atoms with Gasteiger partial charge in [-0.1, -0.05) is 0 Å². The molecule has 0 aromatic rings. The second-order valence-electron chi connectivity index (χ2n) is 3.49. The molecule has 0 radical (unpaired) electrons. The van der Waals surface area contributed by atoms with Gasteiger partial charge in [0.2, 0.25) is 0 Å². The summed E-state index contributed by atoms with van der Waals surface area (Å²) < 4.78 is 5.27. The highest BCUT2D eigenvalue weighted by Crippen LogP contribution is 2.13. The number of nitrogens with one attached hydrogen (secondary N) is 1. The number of hydrogen-bond acceptors (Lipinski definition) is 2. The van der Waals surface area contributed by atoms with Gasteiger partial charge in [-0.15, -0.1) is 11.6 Å². The van der Waals surface area contributed by atoms with Crippen molar-refractivity contribution in [2.75, 3.05) is 26.3 Å². The molecule has 0 aromatic heterocycles. The average Bonchev–Trinajstić information content (AvgIpc) is 2.05. The van der Waals surface area contributed by atoms with Gasteiger partial charge in [0.1, 0.15) is 0 Å². The molecule has 1 N–H and O–H groups in total. The van der Waals surface area contributed by atoms with E-state index in [-0.39, 0.29) is 5.38 Å². The summed E-state index contributed by atoms with van der Waals surface area (Å²) in [6.45, 7) is 5.89. The van der Waals surface area contributed by atoms with Crippen LogP contribution in [0.15, 0.2) is 0 Å². The molecule has 0 amide bonds. The minimum Gasteiger partial charge on any atom is -0.381 e. The zero-order valence-electron chi connectivity index (χ0n) is 7.68. The van der Waals surface area contributed by atoms with E-state index in [0.717, 1.165) is 32.2 Å². The Morgan fingerprint density at radius 2 is 2.17 bits per heavy atom. The Kier molecular flexibility index (Phi) is 4.96. The van der Waals surface area contributed by atoms with Crippen molar-refractivity contribution < 1.29 is 4.74 Å². The maximum Gasteiger partial charge on any atom is 0.0469 e. The smallest absolute Gasteiger partial charge is 0.0469 e. The molecule has 1 rings (SSSR count). The van der Waals surface area contributed by atoms with Crippen LogP contribution in [0.5, 0.6) is 0 Å². The topological polar surface area (TPSA) is 21.3 Å². The van der Waals surface area contributed by atoms with Crippen molar-refractivity contribution in [1.29, 1.82) is 0 Å². The van der Waals surface area contributed by atoms with Crippen molar-refractivity contribution in [1.82, 2.24) is 5.32 Å². The largest absolute Gasteiger partial charge is 0.381 e. The highest BCUT2D eigenvalue weighted by molar-refractivity contribution is 6.20. The molecule has 0 spiro atoms. The molecule has 2 nitrogen and oxygen atoms in total. The third kappa shape index (κ3) is 4.29. The predicted molar refractivity (Wildman–Crippen MR) is 51.7 cm³/mol. The van der Waals surface area contributed by atoms with Gasteiger partial charge in [-0.25, -0.2) is 0 Å². The number of alkyl halides is 1. The van der Waals surface area contributed by atoms with Gasteiger partial charge in [0.05, 0.1) is 0 Å². The molecule has 1 heterocycles. The minimum absolute atomic E-state index is 0.241. The van der Waals surface area contributed by atoms with Crippen molar-refractivity contribution in [3.8, 4) is 0 Å². The van der Waals surface area contributed by atoms with Crippen molar-refractivity contribution in [3.63, 3.8) is 0 Å². The van der Waals surface area contributed by atoms with Crippen LogP contribution in [0.2, 0.25) is 0 Å². The maximum atomic E-state index is 5.81. The third-order valence-corrected chi connectivity index (χ3v) is 2.35. The van der Waals surface area contributed by atoms with Crippen molar-refractivity contribution >= 4 is 11.6 Å². The molecule has 1 fully saturated rings. The van der Waals surface area contributed by atoms with Crippen LogP contribution in [0.3, 0.4) is 0 Å².